The number of amides is 1. The Kier molecular flexibility index (Phi) is 3.10. The van der Waals surface area contributed by atoms with Crippen LogP contribution < -0.4 is 10.6 Å². The number of rotatable bonds is 4. The van der Waals surface area contributed by atoms with Crippen molar-refractivity contribution in [3.8, 4) is 0 Å². The van der Waals surface area contributed by atoms with E-state index in [0.29, 0.717) is 11.7 Å². The number of benzene rings is 1. The maximum atomic E-state index is 11.9. The summed E-state index contributed by atoms with van der Waals surface area (Å²) in [4.78, 5) is 11.9. The first-order valence-electron chi connectivity index (χ1n) is 6.28. The van der Waals surface area contributed by atoms with Crippen LogP contribution in [0, 0.1) is 0 Å². The molecule has 19 heavy (non-hydrogen) atoms. The third kappa shape index (κ3) is 3.07. The summed E-state index contributed by atoms with van der Waals surface area (Å²) in [6, 6.07) is 13.3. The molecule has 1 aromatic carbocycles. The van der Waals surface area contributed by atoms with Gasteiger partial charge in [0.05, 0.1) is 0 Å². The quantitative estimate of drug-likeness (QED) is 0.878. The largest absolute Gasteiger partial charge is 0.366 e. The minimum absolute atomic E-state index is 0.253. The number of hydrogen-bond donors (Lipinski definition) is 2. The number of aromatic nitrogens is 2. The standard InChI is InChI=1S/C14H14N4O/c19-14(16-10-4-2-1-3-5-10)12-8-9-13(18-17-12)15-11-6-7-11/h1-5,8-9,11H,6-7H2,(H,15,18)(H,16,19). The Morgan fingerprint density at radius 2 is 1.84 bits per heavy atom. The van der Waals surface area contributed by atoms with Gasteiger partial charge in [0.25, 0.3) is 5.91 Å². The van der Waals surface area contributed by atoms with E-state index in [2.05, 4.69) is 20.8 Å². The molecule has 5 heteroatoms. The second-order valence-corrected chi connectivity index (χ2v) is 4.54. The zero-order valence-corrected chi connectivity index (χ0v) is 10.3. The third-order valence-electron chi connectivity index (χ3n) is 2.86. The molecule has 1 aliphatic rings. The minimum Gasteiger partial charge on any atom is -0.366 e. The van der Waals surface area contributed by atoms with Crippen LogP contribution >= 0.6 is 0 Å². The fourth-order valence-electron chi connectivity index (χ4n) is 1.68. The molecule has 0 radical (unpaired) electrons. The Morgan fingerprint density at radius 3 is 2.47 bits per heavy atom. The molecule has 0 aliphatic heterocycles. The van der Waals surface area contributed by atoms with Gasteiger partial charge in [-0.1, -0.05) is 18.2 Å². The Balaban J connectivity index is 1.65. The van der Waals surface area contributed by atoms with Crippen LogP contribution in [0.15, 0.2) is 42.5 Å². The molecule has 1 fully saturated rings. The first-order chi connectivity index (χ1) is 9.31. The fraction of sp³-hybridized carbons (Fsp3) is 0.214. The smallest absolute Gasteiger partial charge is 0.276 e. The van der Waals surface area contributed by atoms with Crippen molar-refractivity contribution in [1.82, 2.24) is 10.2 Å². The fourth-order valence-corrected chi connectivity index (χ4v) is 1.68. The van der Waals surface area contributed by atoms with Gasteiger partial charge >= 0.3 is 0 Å². The van der Waals surface area contributed by atoms with E-state index in [-0.39, 0.29) is 5.91 Å². The van der Waals surface area contributed by atoms with E-state index in [0.717, 1.165) is 11.5 Å². The highest BCUT2D eigenvalue weighted by Gasteiger charge is 2.21. The van der Waals surface area contributed by atoms with E-state index in [9.17, 15) is 4.79 Å². The van der Waals surface area contributed by atoms with E-state index in [1.54, 1.807) is 12.1 Å². The Hall–Kier alpha value is -2.43. The van der Waals surface area contributed by atoms with Gasteiger partial charge in [-0.3, -0.25) is 4.79 Å². The van der Waals surface area contributed by atoms with Gasteiger partial charge in [-0.15, -0.1) is 10.2 Å². The summed E-state index contributed by atoms with van der Waals surface area (Å²) in [5.41, 5.74) is 1.06. The van der Waals surface area contributed by atoms with Gasteiger partial charge in [-0.25, -0.2) is 0 Å². The monoisotopic (exact) mass is 254 g/mol. The topological polar surface area (TPSA) is 66.9 Å². The number of carbonyl (C=O) groups is 1. The maximum absolute atomic E-state index is 11.9. The van der Waals surface area contributed by atoms with Crippen LogP contribution in [0.2, 0.25) is 0 Å². The number of nitrogens with one attached hydrogen (secondary N) is 2. The molecule has 0 bridgehead atoms. The van der Waals surface area contributed by atoms with Crippen LogP contribution in [0.4, 0.5) is 11.5 Å². The summed E-state index contributed by atoms with van der Waals surface area (Å²) in [5.74, 6) is 0.468. The third-order valence-corrected chi connectivity index (χ3v) is 2.86. The van der Waals surface area contributed by atoms with E-state index < -0.39 is 0 Å². The number of anilines is 2. The van der Waals surface area contributed by atoms with Crippen molar-refractivity contribution >= 4 is 17.4 Å². The summed E-state index contributed by atoms with van der Waals surface area (Å²) in [6.45, 7) is 0. The predicted molar refractivity (Wildman–Crippen MR) is 73.1 cm³/mol. The summed E-state index contributed by atoms with van der Waals surface area (Å²) >= 11 is 0. The molecule has 5 nitrogen and oxygen atoms in total. The minimum atomic E-state index is -0.253. The molecule has 1 saturated carbocycles. The Bertz CT molecular complexity index is 564. The number of carbonyl (C=O) groups excluding carboxylic acids is 1. The maximum Gasteiger partial charge on any atom is 0.276 e. The van der Waals surface area contributed by atoms with Crippen molar-refractivity contribution in [3.63, 3.8) is 0 Å². The molecule has 1 amide bonds. The molecule has 1 heterocycles. The van der Waals surface area contributed by atoms with Gasteiger partial charge in [-0.05, 0) is 37.1 Å². The van der Waals surface area contributed by atoms with E-state index in [1.165, 1.54) is 12.8 Å². The number of hydrogen-bond acceptors (Lipinski definition) is 4. The summed E-state index contributed by atoms with van der Waals surface area (Å²) < 4.78 is 0. The van der Waals surface area contributed by atoms with E-state index in [4.69, 9.17) is 0 Å². The van der Waals surface area contributed by atoms with E-state index >= 15 is 0 Å². The highest BCUT2D eigenvalue weighted by Crippen LogP contribution is 2.23. The van der Waals surface area contributed by atoms with Gasteiger partial charge in [0.1, 0.15) is 5.82 Å². The lowest BCUT2D eigenvalue weighted by molar-refractivity contribution is 0.102. The van der Waals surface area contributed by atoms with Gasteiger partial charge in [0, 0.05) is 11.7 Å². The molecule has 1 aromatic heterocycles. The molecule has 96 valence electrons. The molecule has 2 N–H and O–H groups in total. The number of nitrogens with zero attached hydrogens (tertiary/aromatic N) is 2. The van der Waals surface area contributed by atoms with Crippen LogP contribution in [0.25, 0.3) is 0 Å². The van der Waals surface area contributed by atoms with Gasteiger partial charge in [0.15, 0.2) is 5.69 Å². The highest BCUT2D eigenvalue weighted by atomic mass is 16.1. The van der Waals surface area contributed by atoms with Crippen LogP contribution in [0.5, 0.6) is 0 Å². The molecule has 0 saturated heterocycles. The second-order valence-electron chi connectivity index (χ2n) is 4.54. The zero-order chi connectivity index (χ0) is 13.1. The number of para-hydroxylation sites is 1. The molecular weight excluding hydrogens is 240 g/mol. The Labute approximate surface area is 111 Å². The highest BCUT2D eigenvalue weighted by molar-refractivity contribution is 6.02. The molecule has 0 atom stereocenters. The Morgan fingerprint density at radius 1 is 1.05 bits per heavy atom. The lowest BCUT2D eigenvalue weighted by atomic mass is 10.3. The average molecular weight is 254 g/mol. The van der Waals surface area contributed by atoms with Crippen molar-refractivity contribution in [3.05, 3.63) is 48.2 Å². The SMILES string of the molecule is O=C(Nc1ccccc1)c1ccc(NC2CC2)nn1. The van der Waals surface area contributed by atoms with Gasteiger partial charge in [0.2, 0.25) is 0 Å². The second kappa shape index (κ2) is 5.06. The van der Waals surface area contributed by atoms with Crippen molar-refractivity contribution in [2.45, 2.75) is 18.9 Å². The summed E-state index contributed by atoms with van der Waals surface area (Å²) in [6.07, 6.45) is 2.36. The van der Waals surface area contributed by atoms with Crippen molar-refractivity contribution in [1.29, 1.82) is 0 Å². The predicted octanol–water partition coefficient (Wildman–Crippen LogP) is 2.30. The summed E-state index contributed by atoms with van der Waals surface area (Å²) in [5, 5.41) is 13.9. The first kappa shape index (κ1) is 11.6. The molecular formula is C14H14N4O. The molecule has 0 unspecified atom stereocenters. The van der Waals surface area contributed by atoms with Gasteiger partial charge < -0.3 is 10.6 Å². The van der Waals surface area contributed by atoms with Crippen LogP contribution in [-0.2, 0) is 0 Å². The lowest BCUT2D eigenvalue weighted by Crippen LogP contribution is -2.15. The van der Waals surface area contributed by atoms with Gasteiger partial charge in [-0.2, -0.15) is 0 Å². The van der Waals surface area contributed by atoms with Crippen LogP contribution in [0.3, 0.4) is 0 Å². The molecule has 0 spiro atoms. The van der Waals surface area contributed by atoms with Crippen LogP contribution in [0.1, 0.15) is 23.3 Å². The molecule has 1 aliphatic carbocycles. The average Bonchev–Trinajstić information content (AvgIpc) is 3.25. The van der Waals surface area contributed by atoms with Crippen LogP contribution in [-0.4, -0.2) is 22.1 Å². The molecule has 2 aromatic rings. The normalized spacial score (nSPS) is 13.9. The van der Waals surface area contributed by atoms with E-state index in [1.807, 2.05) is 30.3 Å². The summed E-state index contributed by atoms with van der Waals surface area (Å²) in [7, 11) is 0. The zero-order valence-electron chi connectivity index (χ0n) is 10.3. The first-order valence-corrected chi connectivity index (χ1v) is 6.28. The van der Waals surface area contributed by atoms with Crippen molar-refractivity contribution in [2.75, 3.05) is 10.6 Å². The molecule has 3 rings (SSSR count). The lowest BCUT2D eigenvalue weighted by Gasteiger charge is -2.05. The van der Waals surface area contributed by atoms with Crippen molar-refractivity contribution in [2.24, 2.45) is 0 Å². The van der Waals surface area contributed by atoms with Crippen molar-refractivity contribution < 1.29 is 4.79 Å².